The molecule has 1 aromatic heterocycles. The van der Waals surface area contributed by atoms with E-state index in [0.29, 0.717) is 12.2 Å². The van der Waals surface area contributed by atoms with Gasteiger partial charge in [-0.15, -0.1) is 11.8 Å². The van der Waals surface area contributed by atoms with Gasteiger partial charge in [-0.05, 0) is 47.0 Å². The molecule has 2 aromatic rings. The van der Waals surface area contributed by atoms with Crippen molar-refractivity contribution in [1.29, 1.82) is 0 Å². The molecule has 7 heteroatoms. The van der Waals surface area contributed by atoms with Crippen LogP contribution in [0.1, 0.15) is 24.5 Å². The predicted molar refractivity (Wildman–Crippen MR) is 91.8 cm³/mol. The summed E-state index contributed by atoms with van der Waals surface area (Å²) in [6, 6.07) is 5.54. The van der Waals surface area contributed by atoms with Crippen molar-refractivity contribution in [3.63, 3.8) is 0 Å². The van der Waals surface area contributed by atoms with E-state index in [4.69, 9.17) is 0 Å². The van der Waals surface area contributed by atoms with Crippen LogP contribution in [-0.2, 0) is 17.4 Å². The van der Waals surface area contributed by atoms with Crippen LogP contribution in [0.5, 0.6) is 0 Å². The Kier molecular flexibility index (Phi) is 4.92. The maximum absolute atomic E-state index is 13.1. The number of alkyl halides is 3. The van der Waals surface area contributed by atoms with E-state index in [1.807, 2.05) is 23.8 Å². The molecule has 2 nitrogen and oxygen atoms in total. The molecule has 1 aliphatic heterocycles. The van der Waals surface area contributed by atoms with Crippen LogP contribution in [0.2, 0.25) is 0 Å². The van der Waals surface area contributed by atoms with Crippen molar-refractivity contribution in [3.8, 4) is 0 Å². The minimum atomic E-state index is -4.42. The van der Waals surface area contributed by atoms with Crippen molar-refractivity contribution in [2.75, 3.05) is 11.4 Å². The van der Waals surface area contributed by atoms with Crippen molar-refractivity contribution in [3.05, 3.63) is 46.2 Å². The second kappa shape index (κ2) is 6.80. The van der Waals surface area contributed by atoms with Crippen LogP contribution in [0.15, 0.2) is 39.9 Å². The Balaban J connectivity index is 1.96. The number of anilines is 1. The average Bonchev–Trinajstić information content (AvgIpc) is 2.94. The highest BCUT2D eigenvalue weighted by atomic mass is 32.2. The van der Waals surface area contributed by atoms with Gasteiger partial charge >= 0.3 is 6.18 Å². The van der Waals surface area contributed by atoms with Crippen molar-refractivity contribution < 1.29 is 18.0 Å². The fourth-order valence-electron chi connectivity index (χ4n) is 2.63. The van der Waals surface area contributed by atoms with Crippen LogP contribution >= 0.6 is 23.1 Å². The average molecular weight is 371 g/mol. The number of fused-ring (bicyclic) bond motifs is 1. The minimum Gasteiger partial charge on any atom is -0.311 e. The molecule has 1 atom stereocenters. The lowest BCUT2D eigenvalue weighted by molar-refractivity contribution is -0.137. The molecule has 1 unspecified atom stereocenters. The molecule has 0 spiro atoms. The standard InChI is InChI=1S/C17H16F3NOS2/c1-11-4-6-21(16(22)8-12-5-7-23-10-12)14-9-13(17(18,19)20)2-3-15(14)24-11/h2-3,5,7,9-11H,4,6,8H2,1H3. The van der Waals surface area contributed by atoms with Gasteiger partial charge in [-0.3, -0.25) is 4.79 Å². The quantitative estimate of drug-likeness (QED) is 0.721. The number of rotatable bonds is 2. The summed E-state index contributed by atoms with van der Waals surface area (Å²) in [5, 5.41) is 4.03. The highest BCUT2D eigenvalue weighted by Crippen LogP contribution is 2.41. The van der Waals surface area contributed by atoms with E-state index in [-0.39, 0.29) is 17.6 Å². The molecule has 24 heavy (non-hydrogen) atoms. The first kappa shape index (κ1) is 17.4. The highest BCUT2D eigenvalue weighted by molar-refractivity contribution is 8.00. The second-order valence-corrected chi connectivity index (χ2v) is 8.01. The van der Waals surface area contributed by atoms with Gasteiger partial charge in [0.05, 0.1) is 17.7 Å². The first-order chi connectivity index (χ1) is 11.3. The molecule has 2 heterocycles. The van der Waals surface area contributed by atoms with Gasteiger partial charge in [-0.25, -0.2) is 0 Å². The summed E-state index contributed by atoms with van der Waals surface area (Å²) in [6.45, 7) is 2.46. The Labute approximate surface area is 146 Å². The van der Waals surface area contributed by atoms with Crippen molar-refractivity contribution >= 4 is 34.7 Å². The second-order valence-electron chi connectivity index (χ2n) is 5.75. The summed E-state index contributed by atoms with van der Waals surface area (Å²) in [7, 11) is 0. The first-order valence-corrected chi connectivity index (χ1v) is 9.36. The van der Waals surface area contributed by atoms with E-state index in [0.717, 1.165) is 29.0 Å². The molecule has 128 valence electrons. The normalized spacial score (nSPS) is 18.2. The molecular formula is C17H16F3NOS2. The van der Waals surface area contributed by atoms with E-state index in [1.165, 1.54) is 34.1 Å². The van der Waals surface area contributed by atoms with Crippen molar-refractivity contribution in [1.82, 2.24) is 0 Å². The molecule has 1 aromatic carbocycles. The number of benzene rings is 1. The molecule has 0 fully saturated rings. The molecule has 0 aliphatic carbocycles. The van der Waals surface area contributed by atoms with Gasteiger partial charge in [0.25, 0.3) is 0 Å². The summed E-state index contributed by atoms with van der Waals surface area (Å²) >= 11 is 3.02. The Hall–Kier alpha value is -1.47. The van der Waals surface area contributed by atoms with E-state index in [2.05, 4.69) is 0 Å². The van der Waals surface area contributed by atoms with E-state index >= 15 is 0 Å². The summed E-state index contributed by atoms with van der Waals surface area (Å²) < 4.78 is 39.2. The zero-order chi connectivity index (χ0) is 17.3. The predicted octanol–water partition coefficient (Wildman–Crippen LogP) is 5.23. The molecule has 0 radical (unpaired) electrons. The van der Waals surface area contributed by atoms with Gasteiger partial charge in [0.15, 0.2) is 0 Å². The number of hydrogen-bond donors (Lipinski definition) is 0. The van der Waals surface area contributed by atoms with E-state index in [1.54, 1.807) is 0 Å². The van der Waals surface area contributed by atoms with Gasteiger partial charge in [0, 0.05) is 16.7 Å². The van der Waals surface area contributed by atoms with Crippen molar-refractivity contribution in [2.45, 2.75) is 36.1 Å². The fourth-order valence-corrected chi connectivity index (χ4v) is 4.40. The molecule has 0 N–H and O–H groups in total. The SMILES string of the molecule is CC1CCN(C(=O)Cc2ccsc2)c2cc(C(F)(F)F)ccc2S1. The minimum absolute atomic E-state index is 0.163. The Morgan fingerprint density at radius 2 is 2.12 bits per heavy atom. The maximum Gasteiger partial charge on any atom is 0.416 e. The van der Waals surface area contributed by atoms with Crippen LogP contribution in [0.3, 0.4) is 0 Å². The zero-order valence-corrected chi connectivity index (χ0v) is 14.6. The van der Waals surface area contributed by atoms with Crippen LogP contribution in [0.4, 0.5) is 18.9 Å². The molecule has 1 amide bonds. The topological polar surface area (TPSA) is 20.3 Å². The van der Waals surface area contributed by atoms with Crippen LogP contribution in [0, 0.1) is 0 Å². The summed E-state index contributed by atoms with van der Waals surface area (Å²) in [6.07, 6.45) is -3.46. The fraction of sp³-hybridized carbons (Fsp3) is 0.353. The van der Waals surface area contributed by atoms with Crippen LogP contribution in [0.25, 0.3) is 0 Å². The number of carbonyl (C=O) groups excluding carboxylic acids is 1. The maximum atomic E-state index is 13.1. The van der Waals surface area contributed by atoms with E-state index in [9.17, 15) is 18.0 Å². The summed E-state index contributed by atoms with van der Waals surface area (Å²) in [5.74, 6) is -0.163. The third kappa shape index (κ3) is 3.78. The largest absolute Gasteiger partial charge is 0.416 e. The Morgan fingerprint density at radius 1 is 1.33 bits per heavy atom. The number of nitrogens with zero attached hydrogens (tertiary/aromatic N) is 1. The number of thioether (sulfide) groups is 1. The van der Waals surface area contributed by atoms with Gasteiger partial charge in [0.2, 0.25) is 5.91 Å². The Bertz CT molecular complexity index is 728. The highest BCUT2D eigenvalue weighted by Gasteiger charge is 2.33. The smallest absolute Gasteiger partial charge is 0.311 e. The number of carbonyl (C=O) groups is 1. The first-order valence-electron chi connectivity index (χ1n) is 7.54. The Morgan fingerprint density at radius 3 is 2.79 bits per heavy atom. The molecule has 0 saturated heterocycles. The summed E-state index contributed by atoms with van der Waals surface area (Å²) in [5.41, 5.74) is 0.549. The number of hydrogen-bond acceptors (Lipinski definition) is 3. The van der Waals surface area contributed by atoms with Crippen LogP contribution in [-0.4, -0.2) is 17.7 Å². The number of halogens is 3. The zero-order valence-electron chi connectivity index (χ0n) is 13.0. The third-order valence-corrected chi connectivity index (χ3v) is 5.87. The van der Waals surface area contributed by atoms with Gasteiger partial charge in [0.1, 0.15) is 0 Å². The summed E-state index contributed by atoms with van der Waals surface area (Å²) in [4.78, 5) is 14.9. The number of thiophene rings is 1. The lowest BCUT2D eigenvalue weighted by atomic mass is 10.1. The molecule has 3 rings (SSSR count). The third-order valence-electron chi connectivity index (χ3n) is 3.90. The van der Waals surface area contributed by atoms with Gasteiger partial charge in [-0.2, -0.15) is 24.5 Å². The lowest BCUT2D eigenvalue weighted by Crippen LogP contribution is -2.33. The van der Waals surface area contributed by atoms with Gasteiger partial charge in [-0.1, -0.05) is 6.92 Å². The molecular weight excluding hydrogens is 355 g/mol. The van der Waals surface area contributed by atoms with Crippen LogP contribution < -0.4 is 4.90 Å². The molecule has 1 aliphatic rings. The van der Waals surface area contributed by atoms with Crippen molar-refractivity contribution in [2.24, 2.45) is 0 Å². The molecule has 0 saturated carbocycles. The lowest BCUT2D eigenvalue weighted by Gasteiger charge is -2.23. The molecule has 0 bridgehead atoms. The van der Waals surface area contributed by atoms with E-state index < -0.39 is 11.7 Å². The van der Waals surface area contributed by atoms with Gasteiger partial charge < -0.3 is 4.90 Å². The monoisotopic (exact) mass is 371 g/mol. The number of amides is 1.